The molecule has 1 aromatic rings. The Morgan fingerprint density at radius 2 is 2.15 bits per heavy atom. The van der Waals surface area contributed by atoms with Crippen LogP contribution in [0.3, 0.4) is 0 Å². The van der Waals surface area contributed by atoms with Gasteiger partial charge in [0.2, 0.25) is 0 Å². The number of hydrogen-bond donors (Lipinski definition) is 1. The third-order valence-corrected chi connectivity index (χ3v) is 4.24. The Morgan fingerprint density at radius 3 is 2.70 bits per heavy atom. The molecule has 1 heterocycles. The minimum atomic E-state index is -4.14. The number of aryl methyl sites for hydroxylation is 2. The zero-order chi connectivity index (χ0) is 14.9. The van der Waals surface area contributed by atoms with Gasteiger partial charge >= 0.3 is 6.18 Å². The Hall–Kier alpha value is -1.04. The van der Waals surface area contributed by atoms with Crippen molar-refractivity contribution in [3.05, 3.63) is 17.5 Å². The molecule has 1 aliphatic carbocycles. The Bertz CT molecular complexity index is 456. The first-order valence-electron chi connectivity index (χ1n) is 7.01. The highest BCUT2D eigenvalue weighted by Crippen LogP contribution is 2.41. The molecule has 1 fully saturated rings. The van der Waals surface area contributed by atoms with E-state index in [-0.39, 0.29) is 18.8 Å². The van der Waals surface area contributed by atoms with Gasteiger partial charge in [-0.05, 0) is 38.2 Å². The van der Waals surface area contributed by atoms with E-state index in [1.807, 2.05) is 13.0 Å². The molecule has 0 bridgehead atoms. The standard InChI is InChI=1S/C14H21F3N2O/c1-9-6-12(19(2)18-9)8-13(20)10-4-3-5-11(7-10)14(15,16)17/h6,10-11,13,20H,3-5,7-8H2,1-2H3. The number of alkyl halides is 3. The maximum absolute atomic E-state index is 12.8. The molecule has 6 heteroatoms. The second-order valence-corrected chi connectivity index (χ2v) is 5.84. The highest BCUT2D eigenvalue weighted by atomic mass is 19.4. The van der Waals surface area contributed by atoms with Gasteiger partial charge in [-0.15, -0.1) is 0 Å². The van der Waals surface area contributed by atoms with Gasteiger partial charge in [-0.25, -0.2) is 0 Å². The zero-order valence-electron chi connectivity index (χ0n) is 11.8. The molecule has 0 radical (unpaired) electrons. The molecule has 1 aromatic heterocycles. The van der Waals surface area contributed by atoms with Gasteiger partial charge in [0.05, 0.1) is 17.7 Å². The van der Waals surface area contributed by atoms with Gasteiger partial charge in [0.25, 0.3) is 0 Å². The zero-order valence-corrected chi connectivity index (χ0v) is 11.8. The number of rotatable bonds is 3. The van der Waals surface area contributed by atoms with Crippen molar-refractivity contribution >= 4 is 0 Å². The summed E-state index contributed by atoms with van der Waals surface area (Å²) in [5.41, 5.74) is 1.72. The van der Waals surface area contributed by atoms with Crippen LogP contribution < -0.4 is 0 Å². The number of halogens is 3. The molecule has 1 saturated carbocycles. The van der Waals surface area contributed by atoms with E-state index >= 15 is 0 Å². The van der Waals surface area contributed by atoms with Crippen LogP contribution in [0.25, 0.3) is 0 Å². The minimum Gasteiger partial charge on any atom is -0.392 e. The summed E-state index contributed by atoms with van der Waals surface area (Å²) in [5, 5.41) is 14.4. The Labute approximate surface area is 116 Å². The van der Waals surface area contributed by atoms with Crippen LogP contribution in [0.1, 0.15) is 37.1 Å². The van der Waals surface area contributed by atoms with Gasteiger partial charge < -0.3 is 5.11 Å². The minimum absolute atomic E-state index is 0.0432. The van der Waals surface area contributed by atoms with Crippen molar-refractivity contribution in [2.24, 2.45) is 18.9 Å². The number of aromatic nitrogens is 2. The maximum Gasteiger partial charge on any atom is 0.391 e. The smallest absolute Gasteiger partial charge is 0.391 e. The molecule has 3 nitrogen and oxygen atoms in total. The third kappa shape index (κ3) is 3.53. The van der Waals surface area contributed by atoms with E-state index in [9.17, 15) is 18.3 Å². The van der Waals surface area contributed by atoms with E-state index in [0.717, 1.165) is 11.4 Å². The fourth-order valence-electron chi connectivity index (χ4n) is 3.11. The predicted octanol–water partition coefficient (Wildman–Crippen LogP) is 3.00. The molecule has 0 spiro atoms. The highest BCUT2D eigenvalue weighted by Gasteiger charge is 2.43. The normalized spacial score (nSPS) is 25.7. The van der Waals surface area contributed by atoms with Gasteiger partial charge in [0, 0.05) is 19.2 Å². The quantitative estimate of drug-likeness (QED) is 0.929. The largest absolute Gasteiger partial charge is 0.392 e. The number of aliphatic hydroxyl groups excluding tert-OH is 1. The lowest BCUT2D eigenvalue weighted by molar-refractivity contribution is -0.188. The molecule has 114 valence electrons. The first-order chi connectivity index (χ1) is 9.27. The molecule has 3 atom stereocenters. The predicted molar refractivity (Wildman–Crippen MR) is 69.2 cm³/mol. The SMILES string of the molecule is Cc1cc(CC(O)C2CCCC(C(F)(F)F)C2)n(C)n1. The van der Waals surface area contributed by atoms with Crippen LogP contribution in [0.5, 0.6) is 0 Å². The second kappa shape index (κ2) is 5.76. The van der Waals surface area contributed by atoms with Crippen molar-refractivity contribution in [1.82, 2.24) is 9.78 Å². The molecule has 1 aliphatic rings. The van der Waals surface area contributed by atoms with E-state index in [4.69, 9.17) is 0 Å². The van der Waals surface area contributed by atoms with Crippen LogP contribution >= 0.6 is 0 Å². The fourth-order valence-corrected chi connectivity index (χ4v) is 3.11. The molecule has 3 unspecified atom stereocenters. The van der Waals surface area contributed by atoms with Gasteiger partial charge in [-0.2, -0.15) is 18.3 Å². The lowest BCUT2D eigenvalue weighted by atomic mass is 9.77. The third-order valence-electron chi connectivity index (χ3n) is 4.24. The van der Waals surface area contributed by atoms with Crippen LogP contribution in [-0.4, -0.2) is 27.2 Å². The van der Waals surface area contributed by atoms with Crippen molar-refractivity contribution in [3.8, 4) is 0 Å². The Morgan fingerprint density at radius 1 is 1.45 bits per heavy atom. The van der Waals surface area contributed by atoms with Crippen LogP contribution in [0.15, 0.2) is 6.07 Å². The van der Waals surface area contributed by atoms with Gasteiger partial charge in [0.15, 0.2) is 0 Å². The van der Waals surface area contributed by atoms with E-state index in [2.05, 4.69) is 5.10 Å². The highest BCUT2D eigenvalue weighted by molar-refractivity contribution is 5.10. The Kier molecular flexibility index (Phi) is 4.42. The Balaban J connectivity index is 1.98. The lowest BCUT2D eigenvalue weighted by Gasteiger charge is -2.33. The molecule has 2 rings (SSSR count). The molecule has 20 heavy (non-hydrogen) atoms. The van der Waals surface area contributed by atoms with E-state index in [1.54, 1.807) is 11.7 Å². The molecule has 1 N–H and O–H groups in total. The molecule has 0 amide bonds. The van der Waals surface area contributed by atoms with Crippen molar-refractivity contribution in [2.75, 3.05) is 0 Å². The average molecular weight is 290 g/mol. The second-order valence-electron chi connectivity index (χ2n) is 5.84. The summed E-state index contributed by atoms with van der Waals surface area (Å²) < 4.78 is 40.0. The first-order valence-corrected chi connectivity index (χ1v) is 7.01. The van der Waals surface area contributed by atoms with E-state index in [0.29, 0.717) is 19.3 Å². The van der Waals surface area contributed by atoms with Gasteiger partial charge in [-0.1, -0.05) is 6.42 Å². The van der Waals surface area contributed by atoms with Gasteiger partial charge in [-0.3, -0.25) is 4.68 Å². The monoisotopic (exact) mass is 290 g/mol. The summed E-state index contributed by atoms with van der Waals surface area (Å²) in [6.07, 6.45) is -3.05. The molecule has 0 aliphatic heterocycles. The van der Waals surface area contributed by atoms with E-state index in [1.165, 1.54) is 0 Å². The van der Waals surface area contributed by atoms with Crippen LogP contribution in [0.4, 0.5) is 13.2 Å². The molecule has 0 saturated heterocycles. The fraction of sp³-hybridized carbons (Fsp3) is 0.786. The number of hydrogen-bond acceptors (Lipinski definition) is 2. The summed E-state index contributed by atoms with van der Waals surface area (Å²) in [5.74, 6) is -1.53. The summed E-state index contributed by atoms with van der Waals surface area (Å²) >= 11 is 0. The van der Waals surface area contributed by atoms with Gasteiger partial charge in [0.1, 0.15) is 0 Å². The first kappa shape index (κ1) is 15.4. The van der Waals surface area contributed by atoms with Crippen molar-refractivity contribution in [3.63, 3.8) is 0 Å². The van der Waals surface area contributed by atoms with Crippen molar-refractivity contribution in [1.29, 1.82) is 0 Å². The van der Waals surface area contributed by atoms with E-state index < -0.39 is 18.2 Å². The van der Waals surface area contributed by atoms with Crippen LogP contribution in [0.2, 0.25) is 0 Å². The summed E-state index contributed by atoms with van der Waals surface area (Å²) in [6, 6.07) is 1.87. The topological polar surface area (TPSA) is 38.0 Å². The number of aliphatic hydroxyl groups is 1. The average Bonchev–Trinajstić information content (AvgIpc) is 2.67. The summed E-state index contributed by atoms with van der Waals surface area (Å²) in [6.45, 7) is 1.86. The maximum atomic E-state index is 12.8. The number of nitrogens with zero attached hydrogens (tertiary/aromatic N) is 2. The van der Waals surface area contributed by atoms with Crippen molar-refractivity contribution in [2.45, 2.75) is 51.3 Å². The molecular weight excluding hydrogens is 269 g/mol. The lowest BCUT2D eigenvalue weighted by Crippen LogP contribution is -2.34. The van der Waals surface area contributed by atoms with Crippen LogP contribution in [-0.2, 0) is 13.5 Å². The van der Waals surface area contributed by atoms with Crippen LogP contribution in [0, 0.1) is 18.8 Å². The molecular formula is C14H21F3N2O. The van der Waals surface area contributed by atoms with Crippen molar-refractivity contribution < 1.29 is 18.3 Å². The summed E-state index contributed by atoms with van der Waals surface area (Å²) in [7, 11) is 1.79. The summed E-state index contributed by atoms with van der Waals surface area (Å²) in [4.78, 5) is 0. The molecule has 0 aromatic carbocycles.